The minimum Gasteiger partial charge on any atom is -0.491 e. The molecule has 0 aliphatic heterocycles. The van der Waals surface area contributed by atoms with Crippen LogP contribution in [-0.4, -0.2) is 42.4 Å². The Hall–Kier alpha value is -1.59. The number of hydrogen-bond donors (Lipinski definition) is 3. The summed E-state index contributed by atoms with van der Waals surface area (Å²) in [5.41, 5.74) is 1.17. The highest BCUT2D eigenvalue weighted by molar-refractivity contribution is 5.81. The predicted molar refractivity (Wildman–Crippen MR) is 81.3 cm³/mol. The molecule has 1 aromatic carbocycles. The summed E-state index contributed by atoms with van der Waals surface area (Å²) in [5.74, 6) is 0.725. The first-order valence-corrected chi connectivity index (χ1v) is 7.46. The maximum Gasteiger partial charge on any atom is 0.237 e. The molecule has 2 atom stereocenters. The van der Waals surface area contributed by atoms with E-state index in [2.05, 4.69) is 10.6 Å². The minimum absolute atomic E-state index is 0.0100. The number of amides is 1. The molecule has 21 heavy (non-hydrogen) atoms. The second kappa shape index (κ2) is 7.43. The van der Waals surface area contributed by atoms with Gasteiger partial charge in [-0.3, -0.25) is 4.79 Å². The molecule has 0 radical (unpaired) electrons. The van der Waals surface area contributed by atoms with Gasteiger partial charge in [0.15, 0.2) is 0 Å². The van der Waals surface area contributed by atoms with Crippen molar-refractivity contribution in [3.63, 3.8) is 0 Å². The van der Waals surface area contributed by atoms with Gasteiger partial charge in [-0.1, -0.05) is 17.7 Å². The van der Waals surface area contributed by atoms with E-state index in [0.717, 1.165) is 18.6 Å². The second-order valence-corrected chi connectivity index (χ2v) is 5.69. The normalized spacial score (nSPS) is 17.1. The van der Waals surface area contributed by atoms with Crippen LogP contribution in [0.3, 0.4) is 0 Å². The van der Waals surface area contributed by atoms with Crippen molar-refractivity contribution < 1.29 is 14.6 Å². The highest BCUT2D eigenvalue weighted by Crippen LogP contribution is 2.18. The summed E-state index contributed by atoms with van der Waals surface area (Å²) < 4.78 is 5.50. The molecule has 1 aromatic rings. The van der Waals surface area contributed by atoms with E-state index in [-0.39, 0.29) is 18.6 Å². The molecule has 116 valence electrons. The maximum atomic E-state index is 11.7. The quantitative estimate of drug-likeness (QED) is 0.668. The standard InChI is InChI=1S/C16H24N2O3/c1-11-3-7-15(8-4-11)21-10-14(19)9-17-12(2)16(20)18-13-5-6-13/h3-4,7-8,12-14,17,19H,5-6,9-10H2,1-2H3,(H,18,20). The van der Waals surface area contributed by atoms with E-state index in [1.54, 1.807) is 6.92 Å². The SMILES string of the molecule is Cc1ccc(OCC(O)CNC(C)C(=O)NC2CC2)cc1. The number of aliphatic hydroxyl groups is 1. The first-order valence-electron chi connectivity index (χ1n) is 7.46. The topological polar surface area (TPSA) is 70.6 Å². The molecule has 5 nitrogen and oxygen atoms in total. The first kappa shape index (κ1) is 15.8. The number of carbonyl (C=O) groups excluding carboxylic acids is 1. The Bertz CT molecular complexity index is 457. The summed E-state index contributed by atoms with van der Waals surface area (Å²) in [7, 11) is 0. The highest BCUT2D eigenvalue weighted by Gasteiger charge is 2.25. The van der Waals surface area contributed by atoms with E-state index in [0.29, 0.717) is 12.6 Å². The predicted octanol–water partition coefficient (Wildman–Crippen LogP) is 0.991. The van der Waals surface area contributed by atoms with Crippen molar-refractivity contribution in [3.05, 3.63) is 29.8 Å². The van der Waals surface area contributed by atoms with Gasteiger partial charge in [0, 0.05) is 12.6 Å². The van der Waals surface area contributed by atoms with Crippen LogP contribution in [0.2, 0.25) is 0 Å². The first-order chi connectivity index (χ1) is 10.0. The number of nitrogens with one attached hydrogen (secondary N) is 2. The van der Waals surface area contributed by atoms with Gasteiger partial charge in [-0.05, 0) is 38.8 Å². The van der Waals surface area contributed by atoms with Crippen molar-refractivity contribution in [2.45, 2.75) is 44.9 Å². The van der Waals surface area contributed by atoms with Crippen LogP contribution in [0.25, 0.3) is 0 Å². The van der Waals surface area contributed by atoms with E-state index in [1.807, 2.05) is 31.2 Å². The van der Waals surface area contributed by atoms with Gasteiger partial charge in [0.25, 0.3) is 0 Å². The summed E-state index contributed by atoms with van der Waals surface area (Å²) in [5, 5.41) is 15.8. The number of rotatable bonds is 8. The number of benzene rings is 1. The van der Waals surface area contributed by atoms with Crippen LogP contribution >= 0.6 is 0 Å². The molecule has 1 saturated carbocycles. The third-order valence-corrected chi connectivity index (χ3v) is 3.44. The summed E-state index contributed by atoms with van der Waals surface area (Å²) in [4.78, 5) is 11.7. The van der Waals surface area contributed by atoms with Crippen LogP contribution in [0.5, 0.6) is 5.75 Å². The molecule has 1 fully saturated rings. The Morgan fingerprint density at radius 1 is 1.38 bits per heavy atom. The number of hydrogen-bond acceptors (Lipinski definition) is 4. The van der Waals surface area contributed by atoms with E-state index in [1.165, 1.54) is 5.56 Å². The molecule has 0 bridgehead atoms. The Morgan fingerprint density at radius 3 is 2.67 bits per heavy atom. The molecule has 3 N–H and O–H groups in total. The monoisotopic (exact) mass is 292 g/mol. The lowest BCUT2D eigenvalue weighted by Gasteiger charge is -2.17. The van der Waals surface area contributed by atoms with Crippen molar-refractivity contribution >= 4 is 5.91 Å². The van der Waals surface area contributed by atoms with Crippen LogP contribution in [0, 0.1) is 6.92 Å². The maximum absolute atomic E-state index is 11.7. The largest absolute Gasteiger partial charge is 0.491 e. The van der Waals surface area contributed by atoms with Crippen LogP contribution in [-0.2, 0) is 4.79 Å². The fraction of sp³-hybridized carbons (Fsp3) is 0.562. The summed E-state index contributed by atoms with van der Waals surface area (Å²) in [6.07, 6.45) is 1.50. The van der Waals surface area contributed by atoms with Gasteiger partial charge in [-0.2, -0.15) is 0 Å². The Morgan fingerprint density at radius 2 is 2.05 bits per heavy atom. The van der Waals surface area contributed by atoms with Gasteiger partial charge in [-0.15, -0.1) is 0 Å². The molecular weight excluding hydrogens is 268 g/mol. The van der Waals surface area contributed by atoms with Crippen molar-refractivity contribution in [3.8, 4) is 5.75 Å². The Kier molecular flexibility index (Phi) is 5.59. The van der Waals surface area contributed by atoms with Crippen molar-refractivity contribution in [2.24, 2.45) is 0 Å². The lowest BCUT2D eigenvalue weighted by atomic mass is 10.2. The molecule has 0 spiro atoms. The van der Waals surface area contributed by atoms with Gasteiger partial charge >= 0.3 is 0 Å². The van der Waals surface area contributed by atoms with Gasteiger partial charge < -0.3 is 20.5 Å². The van der Waals surface area contributed by atoms with Crippen LogP contribution in [0.4, 0.5) is 0 Å². The number of aryl methyl sites for hydroxylation is 1. The van der Waals surface area contributed by atoms with Crippen LogP contribution < -0.4 is 15.4 Å². The molecular formula is C16H24N2O3. The zero-order chi connectivity index (χ0) is 15.2. The third-order valence-electron chi connectivity index (χ3n) is 3.44. The Balaban J connectivity index is 1.63. The molecule has 0 heterocycles. The van der Waals surface area contributed by atoms with E-state index >= 15 is 0 Å². The van der Waals surface area contributed by atoms with Crippen LogP contribution in [0.1, 0.15) is 25.3 Å². The van der Waals surface area contributed by atoms with Gasteiger partial charge in [-0.25, -0.2) is 0 Å². The molecule has 5 heteroatoms. The summed E-state index contributed by atoms with van der Waals surface area (Å²) >= 11 is 0. The average Bonchev–Trinajstić information content (AvgIpc) is 3.28. The molecule has 1 amide bonds. The summed E-state index contributed by atoms with van der Waals surface area (Å²) in [6.45, 7) is 4.33. The lowest BCUT2D eigenvalue weighted by Crippen LogP contribution is -2.46. The lowest BCUT2D eigenvalue weighted by molar-refractivity contribution is -0.123. The highest BCUT2D eigenvalue weighted by atomic mass is 16.5. The van der Waals surface area contributed by atoms with Crippen molar-refractivity contribution in [1.82, 2.24) is 10.6 Å². The number of ether oxygens (including phenoxy) is 1. The van der Waals surface area contributed by atoms with E-state index in [4.69, 9.17) is 4.74 Å². The van der Waals surface area contributed by atoms with Crippen LogP contribution in [0.15, 0.2) is 24.3 Å². The third kappa shape index (κ3) is 5.73. The van der Waals surface area contributed by atoms with E-state index < -0.39 is 6.10 Å². The Labute approximate surface area is 125 Å². The fourth-order valence-electron chi connectivity index (χ4n) is 1.85. The molecule has 2 unspecified atom stereocenters. The smallest absolute Gasteiger partial charge is 0.237 e. The fourth-order valence-corrected chi connectivity index (χ4v) is 1.85. The summed E-state index contributed by atoms with van der Waals surface area (Å²) in [6, 6.07) is 7.73. The second-order valence-electron chi connectivity index (χ2n) is 5.69. The molecule has 1 aliphatic rings. The zero-order valence-electron chi connectivity index (χ0n) is 12.6. The molecule has 1 aliphatic carbocycles. The van der Waals surface area contributed by atoms with Crippen molar-refractivity contribution in [2.75, 3.05) is 13.2 Å². The average molecular weight is 292 g/mol. The molecule has 0 saturated heterocycles. The molecule has 2 rings (SSSR count). The number of aliphatic hydroxyl groups excluding tert-OH is 1. The van der Waals surface area contributed by atoms with E-state index in [9.17, 15) is 9.90 Å². The van der Waals surface area contributed by atoms with Gasteiger partial charge in [0.05, 0.1) is 6.04 Å². The van der Waals surface area contributed by atoms with Gasteiger partial charge in [0.2, 0.25) is 5.91 Å². The number of carbonyl (C=O) groups is 1. The van der Waals surface area contributed by atoms with Gasteiger partial charge in [0.1, 0.15) is 18.5 Å². The van der Waals surface area contributed by atoms with Crippen molar-refractivity contribution in [1.29, 1.82) is 0 Å². The minimum atomic E-state index is -0.650. The zero-order valence-corrected chi connectivity index (χ0v) is 12.6. The molecule has 0 aromatic heterocycles.